The Morgan fingerprint density at radius 1 is 1.62 bits per heavy atom. The van der Waals surface area contributed by atoms with Gasteiger partial charge in [0.15, 0.2) is 12.4 Å². The van der Waals surface area contributed by atoms with Gasteiger partial charge in [0.05, 0.1) is 11.9 Å². The maximum Gasteiger partial charge on any atom is 0.304 e. The fraction of sp³-hybridized carbons (Fsp3) is 0.300. The summed E-state index contributed by atoms with van der Waals surface area (Å²) in [5, 5.41) is 3.00. The van der Waals surface area contributed by atoms with Crippen molar-refractivity contribution in [2.45, 2.75) is 13.8 Å². The first-order chi connectivity index (χ1) is 7.68. The lowest BCUT2D eigenvalue weighted by atomic mass is 10.5. The Kier molecular flexibility index (Phi) is 2.72. The Balaban J connectivity index is 2.22. The smallest absolute Gasteiger partial charge is 0.304 e. The highest BCUT2D eigenvalue weighted by Gasteiger charge is 2.07. The minimum atomic E-state index is -0.319. The van der Waals surface area contributed by atoms with Crippen molar-refractivity contribution < 1.29 is 9.53 Å². The van der Waals surface area contributed by atoms with Crippen molar-refractivity contribution in [3.05, 3.63) is 24.3 Å². The number of ether oxygens (including phenoxy) is 1. The number of hydrogen-bond donors (Lipinski definition) is 1. The first kappa shape index (κ1) is 10.4. The number of aromatic nitrogens is 3. The van der Waals surface area contributed by atoms with Crippen LogP contribution in [0.3, 0.4) is 0 Å². The average Bonchev–Trinajstić information content (AvgIpc) is 2.55. The summed E-state index contributed by atoms with van der Waals surface area (Å²) in [6.45, 7) is 3.38. The second-order valence-corrected chi connectivity index (χ2v) is 3.31. The molecule has 0 aromatic carbocycles. The second kappa shape index (κ2) is 4.18. The fourth-order valence-electron chi connectivity index (χ4n) is 1.44. The van der Waals surface area contributed by atoms with Crippen molar-refractivity contribution in [3.8, 4) is 0 Å². The Bertz CT molecular complexity index is 521. The predicted octanol–water partition coefficient (Wildman–Crippen LogP) is 0.970. The lowest BCUT2D eigenvalue weighted by molar-refractivity contribution is -0.140. The molecule has 6 heteroatoms. The van der Waals surface area contributed by atoms with Gasteiger partial charge in [-0.2, -0.15) is 0 Å². The number of carbonyl (C=O) groups excluding carboxylic acids is 1. The van der Waals surface area contributed by atoms with Crippen LogP contribution in [0, 0.1) is 6.92 Å². The van der Waals surface area contributed by atoms with Gasteiger partial charge in [-0.3, -0.25) is 14.2 Å². The molecule has 2 rings (SSSR count). The second-order valence-electron chi connectivity index (χ2n) is 3.31. The first-order valence-electron chi connectivity index (χ1n) is 4.84. The average molecular weight is 220 g/mol. The lowest BCUT2D eigenvalue weighted by Gasteiger charge is -2.06. The van der Waals surface area contributed by atoms with Crippen molar-refractivity contribution in [2.75, 3.05) is 12.0 Å². The zero-order valence-corrected chi connectivity index (χ0v) is 9.10. The monoisotopic (exact) mass is 220 g/mol. The summed E-state index contributed by atoms with van der Waals surface area (Å²) in [6, 6.07) is 0. The summed E-state index contributed by atoms with van der Waals surface area (Å²) in [5.41, 5.74) is 1.59. The van der Waals surface area contributed by atoms with E-state index in [-0.39, 0.29) is 12.7 Å². The van der Waals surface area contributed by atoms with Crippen molar-refractivity contribution in [1.82, 2.24) is 14.4 Å². The van der Waals surface area contributed by atoms with Crippen molar-refractivity contribution >= 4 is 17.4 Å². The maximum atomic E-state index is 10.6. The largest absolute Gasteiger partial charge is 0.445 e. The summed E-state index contributed by atoms with van der Waals surface area (Å²) in [6.07, 6.45) is 5.14. The number of anilines is 1. The Labute approximate surface area is 92.3 Å². The quantitative estimate of drug-likeness (QED) is 0.616. The van der Waals surface area contributed by atoms with E-state index >= 15 is 0 Å². The van der Waals surface area contributed by atoms with Gasteiger partial charge in [-0.25, -0.2) is 4.98 Å². The summed E-state index contributed by atoms with van der Waals surface area (Å²) in [5.74, 6) is 0.485. The lowest BCUT2D eigenvalue weighted by Crippen LogP contribution is -2.11. The Morgan fingerprint density at radius 2 is 2.44 bits per heavy atom. The molecule has 0 saturated heterocycles. The van der Waals surface area contributed by atoms with Crippen LogP contribution in [0.5, 0.6) is 0 Å². The third-order valence-electron chi connectivity index (χ3n) is 2.12. The molecule has 16 heavy (non-hydrogen) atoms. The van der Waals surface area contributed by atoms with Gasteiger partial charge in [-0.1, -0.05) is 0 Å². The molecule has 0 fully saturated rings. The molecule has 0 unspecified atom stereocenters. The molecular weight excluding hydrogens is 208 g/mol. The maximum absolute atomic E-state index is 10.6. The fourth-order valence-corrected chi connectivity index (χ4v) is 1.44. The van der Waals surface area contributed by atoms with Gasteiger partial charge in [-0.15, -0.1) is 0 Å². The number of esters is 1. The Hall–Kier alpha value is -2.11. The van der Waals surface area contributed by atoms with Gasteiger partial charge in [0, 0.05) is 19.3 Å². The van der Waals surface area contributed by atoms with Crippen LogP contribution >= 0.6 is 0 Å². The molecule has 6 nitrogen and oxygen atoms in total. The van der Waals surface area contributed by atoms with Crippen LogP contribution in [0.15, 0.2) is 18.6 Å². The zero-order chi connectivity index (χ0) is 11.5. The van der Waals surface area contributed by atoms with Crippen LogP contribution in [-0.2, 0) is 9.53 Å². The number of hydrogen-bond acceptors (Lipinski definition) is 5. The van der Waals surface area contributed by atoms with Crippen LogP contribution in [0.25, 0.3) is 5.65 Å². The van der Waals surface area contributed by atoms with E-state index in [1.165, 1.54) is 6.92 Å². The van der Waals surface area contributed by atoms with Gasteiger partial charge in [-0.05, 0) is 6.92 Å². The molecule has 0 spiro atoms. The topological polar surface area (TPSA) is 68.5 Å². The number of nitrogens with zero attached hydrogens (tertiary/aromatic N) is 3. The molecule has 1 N–H and O–H groups in total. The van der Waals surface area contributed by atoms with E-state index in [9.17, 15) is 4.79 Å². The van der Waals surface area contributed by atoms with Gasteiger partial charge in [0.1, 0.15) is 5.82 Å². The van der Waals surface area contributed by atoms with Gasteiger partial charge < -0.3 is 10.1 Å². The zero-order valence-electron chi connectivity index (χ0n) is 9.10. The molecule has 84 valence electrons. The number of nitrogens with one attached hydrogen (secondary N) is 1. The number of carbonyl (C=O) groups is 1. The molecule has 0 saturated carbocycles. The SMILES string of the molecule is CC(=O)OCNc1c(C)nc2cnccn12. The summed E-state index contributed by atoms with van der Waals surface area (Å²) < 4.78 is 6.67. The number of aryl methyl sites for hydroxylation is 1. The highest BCUT2D eigenvalue weighted by Crippen LogP contribution is 2.15. The molecule has 0 aliphatic carbocycles. The van der Waals surface area contributed by atoms with E-state index in [2.05, 4.69) is 15.3 Å². The minimum absolute atomic E-state index is 0.131. The third kappa shape index (κ3) is 1.95. The van der Waals surface area contributed by atoms with E-state index in [0.717, 1.165) is 17.2 Å². The molecule has 0 amide bonds. The number of rotatable bonds is 3. The van der Waals surface area contributed by atoms with Crippen molar-refractivity contribution in [1.29, 1.82) is 0 Å². The van der Waals surface area contributed by atoms with Crippen LogP contribution in [-0.4, -0.2) is 27.1 Å². The van der Waals surface area contributed by atoms with Gasteiger partial charge in [0.2, 0.25) is 0 Å². The van der Waals surface area contributed by atoms with Crippen molar-refractivity contribution in [3.63, 3.8) is 0 Å². The van der Waals surface area contributed by atoms with E-state index < -0.39 is 0 Å². The summed E-state index contributed by atoms with van der Waals surface area (Å²) in [7, 11) is 0. The van der Waals surface area contributed by atoms with Crippen LogP contribution in [0.2, 0.25) is 0 Å². The normalized spacial score (nSPS) is 10.4. The molecule has 2 aromatic rings. The highest BCUT2D eigenvalue weighted by atomic mass is 16.5. The van der Waals surface area contributed by atoms with Crippen LogP contribution in [0.4, 0.5) is 5.82 Å². The van der Waals surface area contributed by atoms with Crippen LogP contribution < -0.4 is 5.32 Å². The molecule has 0 bridgehead atoms. The van der Waals surface area contributed by atoms with Crippen LogP contribution in [0.1, 0.15) is 12.6 Å². The standard InChI is InChI=1S/C10H12N4O2/c1-7-10(12-6-16-8(2)15)14-4-3-11-5-9(14)13-7/h3-5,12H,6H2,1-2H3. The number of imidazole rings is 1. The van der Waals surface area contributed by atoms with Gasteiger partial charge in [0.25, 0.3) is 0 Å². The van der Waals surface area contributed by atoms with E-state index in [1.54, 1.807) is 18.6 Å². The minimum Gasteiger partial charge on any atom is -0.445 e. The predicted molar refractivity (Wildman–Crippen MR) is 58.0 cm³/mol. The van der Waals surface area contributed by atoms with E-state index in [4.69, 9.17) is 4.74 Å². The van der Waals surface area contributed by atoms with E-state index in [1.807, 2.05) is 11.3 Å². The number of fused-ring (bicyclic) bond motifs is 1. The van der Waals surface area contributed by atoms with Gasteiger partial charge >= 0.3 is 5.97 Å². The summed E-state index contributed by atoms with van der Waals surface area (Å²) in [4.78, 5) is 18.9. The van der Waals surface area contributed by atoms with E-state index in [0.29, 0.717) is 0 Å². The highest BCUT2D eigenvalue weighted by molar-refractivity contribution is 5.66. The molecule has 2 aromatic heterocycles. The molecule has 0 radical (unpaired) electrons. The Morgan fingerprint density at radius 3 is 3.19 bits per heavy atom. The molecule has 0 atom stereocenters. The first-order valence-corrected chi connectivity index (χ1v) is 4.84. The molecular formula is C10H12N4O2. The molecule has 0 aliphatic heterocycles. The summed E-state index contributed by atoms with van der Waals surface area (Å²) >= 11 is 0. The van der Waals surface area contributed by atoms with Crippen molar-refractivity contribution in [2.24, 2.45) is 0 Å². The molecule has 2 heterocycles. The third-order valence-corrected chi connectivity index (χ3v) is 2.12. The molecule has 0 aliphatic rings.